The molecule has 0 radical (unpaired) electrons. The van der Waals surface area contributed by atoms with E-state index in [0.29, 0.717) is 5.16 Å². The molecule has 0 saturated heterocycles. The first kappa shape index (κ1) is 23.2. The SMILES string of the molecule is CSc1ncc(Cl)c(C(=O)OCC(=O)c2c(N)n(Cc3ccccc3)c(=O)n(C)c2=O)n1. The normalized spacial score (nSPS) is 10.7. The zero-order chi connectivity index (χ0) is 23.4. The number of anilines is 1. The van der Waals surface area contributed by atoms with Gasteiger partial charge in [-0.3, -0.25) is 18.7 Å². The van der Waals surface area contributed by atoms with E-state index in [-0.39, 0.29) is 23.1 Å². The van der Waals surface area contributed by atoms with Crippen LogP contribution in [0.1, 0.15) is 26.4 Å². The number of aromatic nitrogens is 4. The summed E-state index contributed by atoms with van der Waals surface area (Å²) in [5.41, 5.74) is 4.54. The number of esters is 1. The first-order valence-corrected chi connectivity index (χ1v) is 10.7. The van der Waals surface area contributed by atoms with Crippen LogP contribution in [0.25, 0.3) is 0 Å². The summed E-state index contributed by atoms with van der Waals surface area (Å²) in [6.07, 6.45) is 2.96. The molecule has 0 saturated carbocycles. The van der Waals surface area contributed by atoms with Crippen LogP contribution in [0, 0.1) is 0 Å². The first-order valence-electron chi connectivity index (χ1n) is 9.14. The summed E-state index contributed by atoms with van der Waals surface area (Å²) in [6.45, 7) is -0.746. The predicted octanol–water partition coefficient (Wildman–Crippen LogP) is 1.38. The Kier molecular flexibility index (Phi) is 7.11. The van der Waals surface area contributed by atoms with Crippen molar-refractivity contribution in [1.82, 2.24) is 19.1 Å². The molecule has 2 heterocycles. The van der Waals surface area contributed by atoms with Crippen LogP contribution in [0.3, 0.4) is 0 Å². The van der Waals surface area contributed by atoms with E-state index in [2.05, 4.69) is 9.97 Å². The quantitative estimate of drug-likeness (QED) is 0.232. The second-order valence-electron chi connectivity index (χ2n) is 6.53. The van der Waals surface area contributed by atoms with Crippen LogP contribution in [0.5, 0.6) is 0 Å². The third kappa shape index (κ3) is 4.73. The summed E-state index contributed by atoms with van der Waals surface area (Å²) in [4.78, 5) is 58.1. The number of ketones is 1. The molecule has 166 valence electrons. The zero-order valence-electron chi connectivity index (χ0n) is 17.1. The number of carbonyl (C=O) groups excluding carboxylic acids is 2. The Bertz CT molecular complexity index is 1310. The lowest BCUT2D eigenvalue weighted by atomic mass is 10.2. The molecular formula is C20H18ClN5O5S. The number of thioether (sulfide) groups is 1. The average molecular weight is 476 g/mol. The second kappa shape index (κ2) is 9.79. The molecule has 0 bridgehead atoms. The fourth-order valence-corrected chi connectivity index (χ4v) is 3.34. The van der Waals surface area contributed by atoms with Crippen LogP contribution in [-0.2, 0) is 18.3 Å². The highest BCUT2D eigenvalue weighted by Crippen LogP contribution is 2.17. The van der Waals surface area contributed by atoms with Crippen molar-refractivity contribution in [2.75, 3.05) is 18.6 Å². The number of nitrogens with two attached hydrogens (primary N) is 1. The van der Waals surface area contributed by atoms with Crippen molar-refractivity contribution in [2.24, 2.45) is 7.05 Å². The molecule has 0 unspecified atom stereocenters. The summed E-state index contributed by atoms with van der Waals surface area (Å²) < 4.78 is 6.89. The van der Waals surface area contributed by atoms with Crippen LogP contribution in [0.4, 0.5) is 5.82 Å². The molecule has 0 aliphatic heterocycles. The summed E-state index contributed by atoms with van der Waals surface area (Å²) in [7, 11) is 1.24. The monoisotopic (exact) mass is 475 g/mol. The molecule has 0 amide bonds. The molecule has 10 nitrogen and oxygen atoms in total. The van der Waals surface area contributed by atoms with Crippen molar-refractivity contribution in [3.63, 3.8) is 0 Å². The summed E-state index contributed by atoms with van der Waals surface area (Å²) in [5.74, 6) is -2.14. The van der Waals surface area contributed by atoms with Crippen molar-refractivity contribution in [3.05, 3.63) is 79.2 Å². The zero-order valence-corrected chi connectivity index (χ0v) is 18.6. The van der Waals surface area contributed by atoms with Crippen molar-refractivity contribution in [3.8, 4) is 0 Å². The Morgan fingerprint density at radius 3 is 2.56 bits per heavy atom. The maximum absolute atomic E-state index is 12.7. The van der Waals surface area contributed by atoms with E-state index in [1.54, 1.807) is 30.5 Å². The van der Waals surface area contributed by atoms with Gasteiger partial charge in [0.25, 0.3) is 5.56 Å². The molecule has 1 aromatic carbocycles. The number of carbonyl (C=O) groups is 2. The lowest BCUT2D eigenvalue weighted by Gasteiger charge is -2.14. The lowest BCUT2D eigenvalue weighted by molar-refractivity contribution is 0.0467. The van der Waals surface area contributed by atoms with Crippen molar-refractivity contribution >= 4 is 40.9 Å². The van der Waals surface area contributed by atoms with Gasteiger partial charge in [-0.05, 0) is 11.8 Å². The molecule has 0 atom stereocenters. The molecular weight excluding hydrogens is 458 g/mol. The van der Waals surface area contributed by atoms with Crippen molar-refractivity contribution in [2.45, 2.75) is 11.7 Å². The second-order valence-corrected chi connectivity index (χ2v) is 7.71. The molecule has 2 aromatic heterocycles. The Morgan fingerprint density at radius 1 is 1.22 bits per heavy atom. The summed E-state index contributed by atoms with van der Waals surface area (Å²) >= 11 is 7.13. The predicted molar refractivity (Wildman–Crippen MR) is 119 cm³/mol. The molecule has 0 spiro atoms. The topological polar surface area (TPSA) is 139 Å². The van der Waals surface area contributed by atoms with Crippen LogP contribution < -0.4 is 17.0 Å². The van der Waals surface area contributed by atoms with Gasteiger partial charge in [0, 0.05) is 7.05 Å². The third-order valence-electron chi connectivity index (χ3n) is 4.48. The molecule has 2 N–H and O–H groups in total. The van der Waals surface area contributed by atoms with E-state index < -0.39 is 35.2 Å². The molecule has 0 fully saturated rings. The van der Waals surface area contributed by atoms with Crippen molar-refractivity contribution < 1.29 is 14.3 Å². The molecule has 0 aliphatic rings. The van der Waals surface area contributed by atoms with Gasteiger partial charge in [0.1, 0.15) is 11.4 Å². The van der Waals surface area contributed by atoms with Gasteiger partial charge in [-0.15, -0.1) is 0 Å². The van der Waals surface area contributed by atoms with Gasteiger partial charge in [0.15, 0.2) is 17.5 Å². The standard InChI is InChI=1S/C20H18ClN5O5S/c1-25-17(28)14(16(22)26(20(25)30)9-11-6-4-3-5-7-11)13(27)10-31-18(29)15-12(21)8-23-19(24-15)32-2/h3-8H,9-10,22H2,1-2H3. The lowest BCUT2D eigenvalue weighted by Crippen LogP contribution is -2.43. The number of benzene rings is 1. The number of rotatable bonds is 7. The minimum atomic E-state index is -0.964. The number of Topliss-reactive ketones (excluding diaryl/α,β-unsaturated/α-hetero) is 1. The van der Waals surface area contributed by atoms with Crippen LogP contribution in [-0.4, -0.2) is 43.7 Å². The van der Waals surface area contributed by atoms with Gasteiger partial charge in [-0.1, -0.05) is 53.7 Å². The molecule has 3 aromatic rings. The number of ether oxygens (including phenoxy) is 1. The van der Waals surface area contributed by atoms with E-state index in [1.807, 2.05) is 6.07 Å². The first-order chi connectivity index (χ1) is 15.2. The van der Waals surface area contributed by atoms with E-state index in [1.165, 1.54) is 25.0 Å². The van der Waals surface area contributed by atoms with Gasteiger partial charge in [0.05, 0.1) is 17.8 Å². The van der Waals surface area contributed by atoms with Gasteiger partial charge < -0.3 is 10.5 Å². The van der Waals surface area contributed by atoms with Crippen LogP contribution in [0.15, 0.2) is 51.3 Å². The number of halogens is 1. The van der Waals surface area contributed by atoms with E-state index >= 15 is 0 Å². The van der Waals surface area contributed by atoms with Gasteiger partial charge in [0.2, 0.25) is 5.78 Å². The molecule has 3 rings (SSSR count). The minimum absolute atomic E-state index is 0.0490. The smallest absolute Gasteiger partial charge is 0.359 e. The number of hydrogen-bond acceptors (Lipinski definition) is 9. The van der Waals surface area contributed by atoms with Gasteiger partial charge >= 0.3 is 11.7 Å². The van der Waals surface area contributed by atoms with E-state index in [0.717, 1.165) is 14.7 Å². The van der Waals surface area contributed by atoms with Crippen LogP contribution >= 0.6 is 23.4 Å². The molecule has 0 aliphatic carbocycles. The largest absolute Gasteiger partial charge is 0.453 e. The van der Waals surface area contributed by atoms with Gasteiger partial charge in [-0.2, -0.15) is 0 Å². The fourth-order valence-electron chi connectivity index (χ4n) is 2.83. The average Bonchev–Trinajstić information content (AvgIpc) is 2.80. The Hall–Kier alpha value is -3.44. The Balaban J connectivity index is 1.89. The number of nitrogens with zero attached hydrogens (tertiary/aromatic N) is 4. The van der Waals surface area contributed by atoms with E-state index in [4.69, 9.17) is 22.1 Å². The molecule has 12 heteroatoms. The van der Waals surface area contributed by atoms with Crippen LogP contribution in [0.2, 0.25) is 5.02 Å². The van der Waals surface area contributed by atoms with E-state index in [9.17, 15) is 19.2 Å². The fraction of sp³-hybridized carbons (Fsp3) is 0.200. The maximum atomic E-state index is 12.7. The Labute approximate surface area is 191 Å². The Morgan fingerprint density at radius 2 is 1.91 bits per heavy atom. The maximum Gasteiger partial charge on any atom is 0.359 e. The number of hydrogen-bond donors (Lipinski definition) is 1. The van der Waals surface area contributed by atoms with Crippen molar-refractivity contribution in [1.29, 1.82) is 0 Å². The summed E-state index contributed by atoms with van der Waals surface area (Å²) in [5, 5.41) is 0.242. The third-order valence-corrected chi connectivity index (χ3v) is 5.32. The molecule has 32 heavy (non-hydrogen) atoms. The highest BCUT2D eigenvalue weighted by Gasteiger charge is 2.24. The summed E-state index contributed by atoms with van der Waals surface area (Å²) in [6, 6.07) is 8.92. The minimum Gasteiger partial charge on any atom is -0.453 e. The highest BCUT2D eigenvalue weighted by atomic mass is 35.5. The highest BCUT2D eigenvalue weighted by molar-refractivity contribution is 7.98. The number of nitrogen functional groups attached to an aromatic ring is 1. The van der Waals surface area contributed by atoms with Gasteiger partial charge in [-0.25, -0.2) is 19.6 Å².